The van der Waals surface area contributed by atoms with E-state index in [0.29, 0.717) is 22.4 Å². The van der Waals surface area contributed by atoms with Gasteiger partial charge in [0.25, 0.3) is 0 Å². The minimum Gasteiger partial charge on any atom is -0.490 e. The molecule has 0 aromatic heterocycles. The zero-order valence-electron chi connectivity index (χ0n) is 15.9. The van der Waals surface area contributed by atoms with Crippen molar-refractivity contribution in [2.24, 2.45) is 0 Å². The minimum atomic E-state index is 0. The lowest BCUT2D eigenvalue weighted by molar-refractivity contribution is -0.921. The standard InChI is InChI=1S/C20H29Cl2N2O.2ClH/c1-3-10-24(11-7-5-6-8-12-24)13-9-14-25-20-18(21)15-17(23-4-2)16-19(20)22;;/h1,15-16,23H,4-14H2,2H3;2*1H/q+1;;. The molecule has 0 unspecified atom stereocenters. The predicted molar refractivity (Wildman–Crippen MR) is 122 cm³/mol. The predicted octanol–water partition coefficient (Wildman–Crippen LogP) is 6.06. The van der Waals surface area contributed by atoms with Gasteiger partial charge in [-0.15, -0.1) is 31.2 Å². The van der Waals surface area contributed by atoms with Gasteiger partial charge in [-0.2, -0.15) is 0 Å². The largest absolute Gasteiger partial charge is 0.490 e. The Kier molecular flexibility index (Phi) is 13.4. The summed E-state index contributed by atoms with van der Waals surface area (Å²) in [4.78, 5) is 0. The molecule has 1 fully saturated rings. The summed E-state index contributed by atoms with van der Waals surface area (Å²) < 4.78 is 6.92. The summed E-state index contributed by atoms with van der Waals surface area (Å²) in [5.41, 5.74) is 0.910. The molecule has 0 saturated carbocycles. The molecule has 1 saturated heterocycles. The average Bonchev–Trinajstić information content (AvgIpc) is 2.80. The van der Waals surface area contributed by atoms with Crippen molar-refractivity contribution >= 4 is 53.7 Å². The van der Waals surface area contributed by atoms with Crippen LogP contribution in [0.5, 0.6) is 5.75 Å². The van der Waals surface area contributed by atoms with Crippen LogP contribution in [0.2, 0.25) is 10.0 Å². The molecule has 0 atom stereocenters. The van der Waals surface area contributed by atoms with Crippen LogP contribution in [0, 0.1) is 12.3 Å². The fraction of sp³-hybridized carbons (Fsp3) is 0.600. The molecule has 27 heavy (non-hydrogen) atoms. The van der Waals surface area contributed by atoms with E-state index in [0.717, 1.165) is 36.2 Å². The fourth-order valence-electron chi connectivity index (χ4n) is 3.59. The molecule has 1 heterocycles. The van der Waals surface area contributed by atoms with Gasteiger partial charge in [0.1, 0.15) is 6.54 Å². The van der Waals surface area contributed by atoms with Gasteiger partial charge in [0.05, 0.1) is 36.3 Å². The van der Waals surface area contributed by atoms with Crippen LogP contribution in [0.15, 0.2) is 12.1 Å². The van der Waals surface area contributed by atoms with Gasteiger partial charge in [0.15, 0.2) is 5.75 Å². The average molecular weight is 457 g/mol. The van der Waals surface area contributed by atoms with Crippen molar-refractivity contribution in [3.05, 3.63) is 22.2 Å². The Bertz CT molecular complexity index is 573. The summed E-state index contributed by atoms with van der Waals surface area (Å²) in [6.45, 7) is 7.69. The first-order valence-electron chi connectivity index (χ1n) is 9.24. The van der Waals surface area contributed by atoms with E-state index >= 15 is 0 Å². The molecular formula is C20H31Cl4N2O+. The molecule has 1 aromatic rings. The quantitative estimate of drug-likeness (QED) is 0.291. The van der Waals surface area contributed by atoms with Crippen molar-refractivity contribution in [1.29, 1.82) is 0 Å². The van der Waals surface area contributed by atoms with Gasteiger partial charge in [0.2, 0.25) is 0 Å². The maximum absolute atomic E-state index is 6.32. The normalized spacial score (nSPS) is 15.5. The SMILES string of the molecule is C#CC[N+]1(CCCOc2c(Cl)cc(NCC)cc2Cl)CCCCCC1.Cl.Cl. The lowest BCUT2D eigenvalue weighted by atomic mass is 10.2. The van der Waals surface area contributed by atoms with Crippen LogP contribution in [0.25, 0.3) is 0 Å². The van der Waals surface area contributed by atoms with Gasteiger partial charge in [-0.1, -0.05) is 23.2 Å². The van der Waals surface area contributed by atoms with Crippen LogP contribution >= 0.6 is 48.0 Å². The van der Waals surface area contributed by atoms with Gasteiger partial charge in [0, 0.05) is 18.7 Å². The summed E-state index contributed by atoms with van der Waals surface area (Å²) >= 11 is 12.6. The first kappa shape index (κ1) is 26.5. The fourth-order valence-corrected chi connectivity index (χ4v) is 4.19. The topological polar surface area (TPSA) is 21.3 Å². The van der Waals surface area contributed by atoms with Crippen molar-refractivity contribution in [1.82, 2.24) is 0 Å². The molecule has 7 heteroatoms. The molecule has 3 nitrogen and oxygen atoms in total. The molecule has 0 bridgehead atoms. The maximum Gasteiger partial charge on any atom is 0.156 e. The van der Waals surface area contributed by atoms with Gasteiger partial charge in [-0.05, 0) is 50.7 Å². The number of hydrogen-bond donors (Lipinski definition) is 1. The summed E-state index contributed by atoms with van der Waals surface area (Å²) in [6.07, 6.45) is 11.8. The summed E-state index contributed by atoms with van der Waals surface area (Å²) in [5, 5.41) is 4.30. The minimum absolute atomic E-state index is 0. The van der Waals surface area contributed by atoms with Gasteiger partial charge >= 0.3 is 0 Å². The molecule has 0 radical (unpaired) electrons. The molecule has 0 aliphatic carbocycles. The molecule has 0 amide bonds. The van der Waals surface area contributed by atoms with E-state index in [9.17, 15) is 0 Å². The molecule has 1 aliphatic rings. The van der Waals surface area contributed by atoms with Crippen LogP contribution in [0.3, 0.4) is 0 Å². The number of hydrogen-bond acceptors (Lipinski definition) is 2. The number of nitrogens with one attached hydrogen (secondary N) is 1. The van der Waals surface area contributed by atoms with E-state index in [-0.39, 0.29) is 24.8 Å². The number of anilines is 1. The first-order chi connectivity index (χ1) is 12.1. The molecular weight excluding hydrogens is 426 g/mol. The smallest absolute Gasteiger partial charge is 0.156 e. The molecule has 0 spiro atoms. The Morgan fingerprint density at radius 3 is 2.22 bits per heavy atom. The maximum atomic E-state index is 6.32. The lowest BCUT2D eigenvalue weighted by Crippen LogP contribution is -2.50. The summed E-state index contributed by atoms with van der Waals surface area (Å²) in [5.74, 6) is 3.46. The van der Waals surface area contributed by atoms with Crippen LogP contribution in [-0.2, 0) is 0 Å². The van der Waals surface area contributed by atoms with Crippen molar-refractivity contribution < 1.29 is 9.22 Å². The van der Waals surface area contributed by atoms with Gasteiger partial charge in [-0.25, -0.2) is 0 Å². The summed E-state index contributed by atoms with van der Waals surface area (Å²) in [7, 11) is 0. The highest BCUT2D eigenvalue weighted by molar-refractivity contribution is 6.37. The molecule has 1 aliphatic heterocycles. The van der Waals surface area contributed by atoms with Crippen LogP contribution in [-0.4, -0.2) is 43.8 Å². The lowest BCUT2D eigenvalue weighted by Gasteiger charge is -2.36. The number of benzene rings is 1. The Balaban J connectivity index is 0.00000338. The highest BCUT2D eigenvalue weighted by atomic mass is 35.5. The highest BCUT2D eigenvalue weighted by Gasteiger charge is 2.27. The Morgan fingerprint density at radius 2 is 1.70 bits per heavy atom. The second-order valence-corrected chi connectivity index (χ2v) is 7.60. The zero-order valence-corrected chi connectivity index (χ0v) is 19.1. The van der Waals surface area contributed by atoms with Crippen molar-refractivity contribution in [3.8, 4) is 18.1 Å². The van der Waals surface area contributed by atoms with E-state index in [1.54, 1.807) is 0 Å². The Labute approximate surface area is 186 Å². The molecule has 2 rings (SSSR count). The zero-order chi connectivity index (χ0) is 18.1. The van der Waals surface area contributed by atoms with Crippen molar-refractivity contribution in [3.63, 3.8) is 0 Å². The number of rotatable bonds is 8. The summed E-state index contributed by atoms with van der Waals surface area (Å²) in [6, 6.07) is 3.71. The number of halogens is 4. The number of ether oxygens (including phenoxy) is 1. The molecule has 1 aromatic carbocycles. The highest BCUT2D eigenvalue weighted by Crippen LogP contribution is 2.36. The molecule has 1 N–H and O–H groups in total. The van der Waals surface area contributed by atoms with E-state index < -0.39 is 0 Å². The van der Waals surface area contributed by atoms with E-state index in [2.05, 4.69) is 11.2 Å². The van der Waals surface area contributed by atoms with Crippen molar-refractivity contribution in [2.45, 2.75) is 39.0 Å². The van der Waals surface area contributed by atoms with Crippen molar-refractivity contribution in [2.75, 3.05) is 44.6 Å². The third kappa shape index (κ3) is 8.18. The van der Waals surface area contributed by atoms with Crippen LogP contribution in [0.4, 0.5) is 5.69 Å². The number of terminal acetylenes is 1. The Morgan fingerprint density at radius 1 is 1.11 bits per heavy atom. The number of quaternary nitrogens is 1. The van der Waals surface area contributed by atoms with Gasteiger partial charge < -0.3 is 14.5 Å². The number of nitrogens with zero attached hydrogens (tertiary/aromatic N) is 1. The number of likely N-dealkylation sites (tertiary alicyclic amines) is 1. The van der Waals surface area contributed by atoms with E-state index in [1.165, 1.54) is 38.8 Å². The third-order valence-electron chi connectivity index (χ3n) is 4.84. The van der Waals surface area contributed by atoms with E-state index in [1.807, 2.05) is 19.1 Å². The second-order valence-electron chi connectivity index (χ2n) is 6.79. The van der Waals surface area contributed by atoms with E-state index in [4.69, 9.17) is 34.4 Å². The second kappa shape index (κ2) is 13.6. The third-order valence-corrected chi connectivity index (χ3v) is 5.41. The van der Waals surface area contributed by atoms with Gasteiger partial charge in [-0.3, -0.25) is 0 Å². The van der Waals surface area contributed by atoms with Crippen LogP contribution in [0.1, 0.15) is 39.0 Å². The first-order valence-corrected chi connectivity index (χ1v) is 10.00. The van der Waals surface area contributed by atoms with Crippen LogP contribution < -0.4 is 10.1 Å². The Hall–Kier alpha value is -0.500. The monoisotopic (exact) mass is 455 g/mol. The molecule has 154 valence electrons.